The van der Waals surface area contributed by atoms with E-state index >= 15 is 0 Å². The predicted octanol–water partition coefficient (Wildman–Crippen LogP) is 3.94. The molecule has 0 aliphatic carbocycles. The zero-order valence-corrected chi connectivity index (χ0v) is 13.6. The molecule has 1 amide bonds. The molecule has 106 valence electrons. The number of carbonyl (C=O) groups excluding carboxylic acids is 1. The van der Waals surface area contributed by atoms with Gasteiger partial charge < -0.3 is 5.32 Å². The van der Waals surface area contributed by atoms with E-state index in [-0.39, 0.29) is 12.5 Å². The van der Waals surface area contributed by atoms with Gasteiger partial charge in [0.15, 0.2) is 0 Å². The van der Waals surface area contributed by atoms with Gasteiger partial charge in [-0.2, -0.15) is 0 Å². The maximum Gasteiger partial charge on any atom is 0.246 e. The smallest absolute Gasteiger partial charge is 0.246 e. The van der Waals surface area contributed by atoms with E-state index in [0.29, 0.717) is 37.2 Å². The minimum Gasteiger partial charge on any atom is -0.324 e. The first-order valence-electron chi connectivity index (χ1n) is 6.01. The van der Waals surface area contributed by atoms with Crippen molar-refractivity contribution in [3.8, 4) is 0 Å². The van der Waals surface area contributed by atoms with Gasteiger partial charge in [-0.3, -0.25) is 14.8 Å². The second kappa shape index (κ2) is 5.75. The fraction of sp³-hybridized carbons (Fsp3) is 0.0714. The fourth-order valence-electron chi connectivity index (χ4n) is 2.06. The number of fused-ring (bicyclic) bond motifs is 1. The van der Waals surface area contributed by atoms with Crippen LogP contribution in [0.5, 0.6) is 0 Å². The third-order valence-electron chi connectivity index (χ3n) is 2.97. The molecule has 1 aromatic heterocycles. The number of aromatic nitrogens is 1. The normalized spacial score (nSPS) is 14.0. The highest BCUT2D eigenvalue weighted by molar-refractivity contribution is 9.10. The molecule has 1 N–H and O–H groups in total. The van der Waals surface area contributed by atoms with Crippen LogP contribution in [-0.2, 0) is 4.79 Å². The highest BCUT2D eigenvalue weighted by Gasteiger charge is 2.24. The summed E-state index contributed by atoms with van der Waals surface area (Å²) < 4.78 is 0.707. The molecular weight excluding hydrogens is 377 g/mol. The number of benzodiazepines with no additional fused rings is 1. The van der Waals surface area contributed by atoms with Crippen LogP contribution in [0.3, 0.4) is 0 Å². The summed E-state index contributed by atoms with van der Waals surface area (Å²) in [7, 11) is 0. The topological polar surface area (TPSA) is 54.4 Å². The predicted molar refractivity (Wildman–Crippen MR) is 87.5 cm³/mol. The van der Waals surface area contributed by atoms with Gasteiger partial charge in [-0.05, 0) is 40.2 Å². The van der Waals surface area contributed by atoms with Crippen molar-refractivity contribution in [1.29, 1.82) is 0 Å². The molecule has 0 fully saturated rings. The summed E-state index contributed by atoms with van der Waals surface area (Å²) in [6.07, 6.45) is 1.62. The number of benzene rings is 1. The SMILES string of the molecule is O=C1CN=C(c2ncccc2Cl)c2c(ccc(Br)c2Cl)N1. The molecule has 2 aromatic rings. The van der Waals surface area contributed by atoms with E-state index in [0.717, 1.165) is 0 Å². The summed E-state index contributed by atoms with van der Waals surface area (Å²) in [6, 6.07) is 6.99. The zero-order valence-electron chi connectivity index (χ0n) is 10.5. The van der Waals surface area contributed by atoms with E-state index in [2.05, 4.69) is 31.2 Å². The van der Waals surface area contributed by atoms with Crippen molar-refractivity contribution in [3.05, 3.63) is 56.2 Å². The Morgan fingerprint density at radius 1 is 1.24 bits per heavy atom. The third kappa shape index (κ3) is 2.69. The van der Waals surface area contributed by atoms with Crippen LogP contribution >= 0.6 is 39.1 Å². The van der Waals surface area contributed by atoms with Crippen molar-refractivity contribution in [1.82, 2.24) is 4.98 Å². The number of hydrogen-bond acceptors (Lipinski definition) is 3. The number of nitrogens with zero attached hydrogens (tertiary/aromatic N) is 2. The first-order valence-corrected chi connectivity index (χ1v) is 7.56. The molecule has 0 radical (unpaired) electrons. The quantitative estimate of drug-likeness (QED) is 0.809. The average molecular weight is 385 g/mol. The number of halogens is 3. The van der Waals surface area contributed by atoms with Gasteiger partial charge in [0.25, 0.3) is 0 Å². The van der Waals surface area contributed by atoms with Crippen LogP contribution in [-0.4, -0.2) is 23.1 Å². The van der Waals surface area contributed by atoms with Crippen LogP contribution in [0.1, 0.15) is 11.3 Å². The lowest BCUT2D eigenvalue weighted by atomic mass is 10.0. The minimum absolute atomic E-state index is 0.00906. The summed E-state index contributed by atoms with van der Waals surface area (Å²) in [4.78, 5) is 20.4. The molecule has 0 unspecified atom stereocenters. The number of aliphatic imine (C=N–C) groups is 1. The first-order chi connectivity index (χ1) is 10.1. The lowest BCUT2D eigenvalue weighted by molar-refractivity contribution is -0.114. The maximum absolute atomic E-state index is 11.8. The van der Waals surface area contributed by atoms with E-state index < -0.39 is 0 Å². The highest BCUT2D eigenvalue weighted by atomic mass is 79.9. The Bertz CT molecular complexity index is 777. The molecule has 1 aliphatic heterocycles. The number of rotatable bonds is 1. The van der Waals surface area contributed by atoms with Crippen LogP contribution in [0.25, 0.3) is 0 Å². The number of carbonyl (C=O) groups is 1. The molecule has 0 spiro atoms. The summed E-state index contributed by atoms with van der Waals surface area (Å²) >= 11 is 16.0. The van der Waals surface area contributed by atoms with Crippen molar-refractivity contribution in [2.75, 3.05) is 11.9 Å². The van der Waals surface area contributed by atoms with E-state index in [9.17, 15) is 4.79 Å². The standard InChI is InChI=1S/C14H8BrCl2N3O/c15-7-3-4-9-11(12(7)17)14(19-6-10(21)20-9)13-8(16)2-1-5-18-13/h1-5H,6H2,(H,20,21). The van der Waals surface area contributed by atoms with Gasteiger partial charge in [0.2, 0.25) is 5.91 Å². The van der Waals surface area contributed by atoms with Gasteiger partial charge in [-0.25, -0.2) is 0 Å². The number of anilines is 1. The van der Waals surface area contributed by atoms with Gasteiger partial charge in [0, 0.05) is 16.2 Å². The number of pyridine rings is 1. The number of nitrogens with one attached hydrogen (secondary N) is 1. The molecule has 3 rings (SSSR count). The van der Waals surface area contributed by atoms with E-state index in [1.54, 1.807) is 30.5 Å². The molecule has 0 saturated carbocycles. The second-order valence-electron chi connectivity index (χ2n) is 4.33. The summed E-state index contributed by atoms with van der Waals surface area (Å²) in [5, 5.41) is 3.69. The zero-order chi connectivity index (χ0) is 15.0. The Balaban J connectivity index is 2.30. The number of amides is 1. The van der Waals surface area contributed by atoms with Crippen molar-refractivity contribution < 1.29 is 4.79 Å². The Morgan fingerprint density at radius 2 is 2.05 bits per heavy atom. The van der Waals surface area contributed by atoms with Gasteiger partial charge in [-0.1, -0.05) is 23.2 Å². The van der Waals surface area contributed by atoms with E-state index in [1.165, 1.54) is 0 Å². The van der Waals surface area contributed by atoms with Crippen molar-refractivity contribution in [2.24, 2.45) is 4.99 Å². The lowest BCUT2D eigenvalue weighted by Gasteiger charge is -2.13. The van der Waals surface area contributed by atoms with Crippen LogP contribution < -0.4 is 5.32 Å². The molecule has 0 bridgehead atoms. The molecule has 21 heavy (non-hydrogen) atoms. The third-order valence-corrected chi connectivity index (χ3v) is 4.56. The summed E-state index contributed by atoms with van der Waals surface area (Å²) in [5.41, 5.74) is 2.20. The van der Waals surface area contributed by atoms with Gasteiger partial charge >= 0.3 is 0 Å². The van der Waals surface area contributed by atoms with Gasteiger partial charge in [-0.15, -0.1) is 0 Å². The molecule has 7 heteroatoms. The first kappa shape index (κ1) is 14.5. The van der Waals surface area contributed by atoms with E-state index in [4.69, 9.17) is 23.2 Å². The van der Waals surface area contributed by atoms with Crippen LogP contribution in [0.2, 0.25) is 10.0 Å². The Kier molecular flexibility index (Phi) is 3.97. The second-order valence-corrected chi connectivity index (χ2v) is 5.97. The molecule has 0 atom stereocenters. The van der Waals surface area contributed by atoms with Crippen LogP contribution in [0, 0.1) is 0 Å². The Labute approximate surface area is 139 Å². The largest absolute Gasteiger partial charge is 0.324 e. The minimum atomic E-state index is -0.211. The van der Waals surface area contributed by atoms with Crippen LogP contribution in [0.4, 0.5) is 5.69 Å². The number of hydrogen-bond donors (Lipinski definition) is 1. The fourth-order valence-corrected chi connectivity index (χ4v) is 2.85. The Morgan fingerprint density at radius 3 is 2.81 bits per heavy atom. The van der Waals surface area contributed by atoms with E-state index in [1.807, 2.05) is 0 Å². The van der Waals surface area contributed by atoms with Gasteiger partial charge in [0.1, 0.15) is 12.2 Å². The molecule has 4 nitrogen and oxygen atoms in total. The molecule has 1 aliphatic rings. The monoisotopic (exact) mass is 383 g/mol. The molecule has 2 heterocycles. The van der Waals surface area contributed by atoms with Crippen molar-refractivity contribution in [3.63, 3.8) is 0 Å². The molecule has 1 aromatic carbocycles. The molecular formula is C14H8BrCl2N3O. The van der Waals surface area contributed by atoms with Crippen molar-refractivity contribution >= 4 is 56.4 Å². The highest BCUT2D eigenvalue weighted by Crippen LogP contribution is 2.35. The molecule has 0 saturated heterocycles. The van der Waals surface area contributed by atoms with Crippen LogP contribution in [0.15, 0.2) is 39.9 Å². The average Bonchev–Trinajstić information content (AvgIpc) is 2.63. The Hall–Kier alpha value is -1.43. The lowest BCUT2D eigenvalue weighted by Crippen LogP contribution is -2.13. The van der Waals surface area contributed by atoms with Gasteiger partial charge in [0.05, 0.1) is 21.4 Å². The maximum atomic E-state index is 11.8. The summed E-state index contributed by atoms with van der Waals surface area (Å²) in [5.74, 6) is -0.211. The van der Waals surface area contributed by atoms with Crippen molar-refractivity contribution in [2.45, 2.75) is 0 Å². The summed E-state index contributed by atoms with van der Waals surface area (Å²) in [6.45, 7) is -0.00906.